The first-order chi connectivity index (χ1) is 12.3. The summed E-state index contributed by atoms with van der Waals surface area (Å²) in [5.41, 5.74) is 1.09. The van der Waals surface area contributed by atoms with E-state index in [1.807, 2.05) is 18.4 Å². The molecule has 0 fully saturated rings. The average molecular weight is 359 g/mol. The zero-order chi connectivity index (χ0) is 19.3. The molecular formula is C17H21N5O4. The molecule has 9 heteroatoms. The summed E-state index contributed by atoms with van der Waals surface area (Å²) in [6.07, 6.45) is 1.74. The van der Waals surface area contributed by atoms with Crippen LogP contribution < -0.4 is 11.2 Å². The van der Waals surface area contributed by atoms with Crippen molar-refractivity contribution in [1.29, 1.82) is 0 Å². The number of aryl methyl sites for hydroxylation is 2. The molecule has 0 aliphatic heterocycles. The van der Waals surface area contributed by atoms with E-state index in [0.29, 0.717) is 12.3 Å². The molecule has 0 saturated heterocycles. The van der Waals surface area contributed by atoms with E-state index in [0.717, 1.165) is 16.0 Å². The Morgan fingerprint density at radius 2 is 1.96 bits per heavy atom. The van der Waals surface area contributed by atoms with E-state index in [4.69, 9.17) is 4.74 Å². The van der Waals surface area contributed by atoms with Gasteiger partial charge in [0, 0.05) is 25.0 Å². The van der Waals surface area contributed by atoms with Gasteiger partial charge < -0.3 is 9.30 Å². The van der Waals surface area contributed by atoms with Crippen molar-refractivity contribution in [3.8, 4) is 0 Å². The molecule has 0 spiro atoms. The fourth-order valence-electron chi connectivity index (χ4n) is 3.25. The number of allylic oxidation sites excluding steroid dienone is 1. The molecule has 3 aromatic heterocycles. The average Bonchev–Trinajstić information content (AvgIpc) is 3.11. The topological polar surface area (TPSA) is 92.5 Å². The Kier molecular flexibility index (Phi) is 4.09. The van der Waals surface area contributed by atoms with Gasteiger partial charge in [0.15, 0.2) is 11.2 Å². The van der Waals surface area contributed by atoms with E-state index < -0.39 is 23.3 Å². The number of carbonyl (C=O) groups is 1. The van der Waals surface area contributed by atoms with Gasteiger partial charge in [-0.3, -0.25) is 13.8 Å². The summed E-state index contributed by atoms with van der Waals surface area (Å²) < 4.78 is 10.5. The zero-order valence-electron chi connectivity index (χ0n) is 15.4. The third-order valence-electron chi connectivity index (χ3n) is 4.82. The van der Waals surface area contributed by atoms with Gasteiger partial charge in [0.2, 0.25) is 5.78 Å². The first-order valence-electron chi connectivity index (χ1n) is 8.14. The van der Waals surface area contributed by atoms with Gasteiger partial charge in [-0.05, 0) is 20.8 Å². The number of esters is 1. The van der Waals surface area contributed by atoms with Crippen molar-refractivity contribution in [2.75, 3.05) is 7.11 Å². The van der Waals surface area contributed by atoms with Crippen LogP contribution in [-0.4, -0.2) is 36.2 Å². The maximum atomic E-state index is 13.1. The number of imidazole rings is 2. The number of nitrogens with zero attached hydrogens (tertiary/aromatic N) is 5. The van der Waals surface area contributed by atoms with Crippen LogP contribution in [0.4, 0.5) is 0 Å². The summed E-state index contributed by atoms with van der Waals surface area (Å²) in [6.45, 7) is 9.54. The van der Waals surface area contributed by atoms with Crippen molar-refractivity contribution < 1.29 is 9.53 Å². The lowest BCUT2D eigenvalue weighted by atomic mass is 10.3. The standard InChI is InChI=1S/C17H21N5O4/c1-7-8-20-9(2)10(3)21-12-13(18-16(20)21)19(5)17(25)22(14(12)23)11(4)15(24)26-6/h7,11H,1,8H2,2-6H3/t11-/m1/s1. The Morgan fingerprint density at radius 3 is 2.54 bits per heavy atom. The van der Waals surface area contributed by atoms with Crippen LogP contribution in [0.1, 0.15) is 24.4 Å². The molecule has 0 aliphatic carbocycles. The largest absolute Gasteiger partial charge is 0.467 e. The molecule has 0 N–H and O–H groups in total. The molecule has 3 heterocycles. The van der Waals surface area contributed by atoms with Gasteiger partial charge >= 0.3 is 11.7 Å². The number of ether oxygens (including phenoxy) is 1. The van der Waals surface area contributed by atoms with Gasteiger partial charge in [-0.1, -0.05) is 6.08 Å². The second-order valence-electron chi connectivity index (χ2n) is 6.21. The van der Waals surface area contributed by atoms with Gasteiger partial charge in [-0.15, -0.1) is 6.58 Å². The molecule has 138 valence electrons. The van der Waals surface area contributed by atoms with Crippen molar-refractivity contribution in [2.24, 2.45) is 7.05 Å². The van der Waals surface area contributed by atoms with E-state index in [9.17, 15) is 14.4 Å². The summed E-state index contributed by atoms with van der Waals surface area (Å²) >= 11 is 0. The van der Waals surface area contributed by atoms with Crippen molar-refractivity contribution in [3.05, 3.63) is 44.9 Å². The van der Waals surface area contributed by atoms with E-state index >= 15 is 0 Å². The van der Waals surface area contributed by atoms with Gasteiger partial charge in [-0.25, -0.2) is 14.2 Å². The monoisotopic (exact) mass is 359 g/mol. The maximum Gasteiger partial charge on any atom is 0.333 e. The lowest BCUT2D eigenvalue weighted by Crippen LogP contribution is -2.43. The summed E-state index contributed by atoms with van der Waals surface area (Å²) in [4.78, 5) is 42.2. The molecule has 0 bridgehead atoms. The normalized spacial score (nSPS) is 12.7. The van der Waals surface area contributed by atoms with Crippen molar-refractivity contribution in [1.82, 2.24) is 23.1 Å². The SMILES string of the molecule is C=CCn1c(C)c(C)n2c3c(=O)n([C@H](C)C(=O)OC)c(=O)n(C)c3nc12. The quantitative estimate of drug-likeness (QED) is 0.505. The van der Waals surface area contributed by atoms with Crippen LogP contribution in [0.3, 0.4) is 0 Å². The molecule has 1 atom stereocenters. The van der Waals surface area contributed by atoms with Gasteiger partial charge in [-0.2, -0.15) is 4.98 Å². The maximum absolute atomic E-state index is 13.1. The second-order valence-corrected chi connectivity index (χ2v) is 6.21. The fourth-order valence-corrected chi connectivity index (χ4v) is 3.25. The predicted molar refractivity (Wildman–Crippen MR) is 96.6 cm³/mol. The third-order valence-corrected chi connectivity index (χ3v) is 4.82. The highest BCUT2D eigenvalue weighted by Crippen LogP contribution is 2.21. The lowest BCUT2D eigenvalue weighted by molar-refractivity contribution is -0.144. The highest BCUT2D eigenvalue weighted by Gasteiger charge is 2.26. The Morgan fingerprint density at radius 1 is 1.31 bits per heavy atom. The molecule has 3 aromatic rings. The van der Waals surface area contributed by atoms with E-state index in [1.54, 1.807) is 10.5 Å². The number of methoxy groups -OCH3 is 1. The molecule has 0 saturated carbocycles. The number of rotatable bonds is 4. The molecule has 0 amide bonds. The zero-order valence-corrected chi connectivity index (χ0v) is 15.4. The first kappa shape index (κ1) is 17.7. The molecule has 0 aliphatic rings. The lowest BCUT2D eigenvalue weighted by Gasteiger charge is -2.13. The van der Waals surface area contributed by atoms with Crippen LogP contribution in [0, 0.1) is 13.8 Å². The van der Waals surface area contributed by atoms with Crippen LogP contribution in [0.5, 0.6) is 0 Å². The van der Waals surface area contributed by atoms with Crippen LogP contribution >= 0.6 is 0 Å². The summed E-state index contributed by atoms with van der Waals surface area (Å²) in [7, 11) is 2.74. The Bertz CT molecular complexity index is 1170. The van der Waals surface area contributed by atoms with Crippen molar-refractivity contribution >= 4 is 22.9 Å². The van der Waals surface area contributed by atoms with Crippen LogP contribution in [0.15, 0.2) is 22.2 Å². The van der Waals surface area contributed by atoms with Gasteiger partial charge in [0.25, 0.3) is 5.56 Å². The number of carbonyl (C=O) groups excluding carboxylic acids is 1. The number of hydrogen-bond acceptors (Lipinski definition) is 5. The summed E-state index contributed by atoms with van der Waals surface area (Å²) in [5, 5.41) is 0. The van der Waals surface area contributed by atoms with E-state index in [1.165, 1.54) is 25.6 Å². The minimum atomic E-state index is -1.04. The second kappa shape index (κ2) is 6.01. The third kappa shape index (κ3) is 2.16. The molecule has 0 unspecified atom stereocenters. The minimum absolute atomic E-state index is 0.251. The van der Waals surface area contributed by atoms with E-state index in [2.05, 4.69) is 11.6 Å². The molecule has 26 heavy (non-hydrogen) atoms. The highest BCUT2D eigenvalue weighted by atomic mass is 16.5. The first-order valence-corrected chi connectivity index (χ1v) is 8.14. The Balaban J connectivity index is 2.53. The predicted octanol–water partition coefficient (Wildman–Crippen LogP) is 0.686. The van der Waals surface area contributed by atoms with Gasteiger partial charge in [0.05, 0.1) is 7.11 Å². The summed E-state index contributed by atoms with van der Waals surface area (Å²) in [5.74, 6) is -0.119. The molecular weight excluding hydrogens is 338 g/mol. The van der Waals surface area contributed by atoms with E-state index in [-0.39, 0.29) is 11.2 Å². The van der Waals surface area contributed by atoms with Crippen LogP contribution in [0.25, 0.3) is 16.9 Å². The number of hydrogen-bond donors (Lipinski definition) is 0. The molecule has 9 nitrogen and oxygen atoms in total. The molecule has 0 aromatic carbocycles. The molecule has 0 radical (unpaired) electrons. The van der Waals surface area contributed by atoms with Gasteiger partial charge in [0.1, 0.15) is 6.04 Å². The minimum Gasteiger partial charge on any atom is -0.467 e. The van der Waals surface area contributed by atoms with Crippen LogP contribution in [0.2, 0.25) is 0 Å². The summed E-state index contributed by atoms with van der Waals surface area (Å²) in [6, 6.07) is -1.04. The fraction of sp³-hybridized carbons (Fsp3) is 0.412. The Hall–Kier alpha value is -3.10. The van der Waals surface area contributed by atoms with Crippen molar-refractivity contribution in [3.63, 3.8) is 0 Å². The number of fused-ring (bicyclic) bond motifs is 3. The Labute approximate surface area is 148 Å². The smallest absolute Gasteiger partial charge is 0.333 e. The highest BCUT2D eigenvalue weighted by molar-refractivity contribution is 5.78. The van der Waals surface area contributed by atoms with Crippen LogP contribution in [-0.2, 0) is 23.1 Å². The van der Waals surface area contributed by atoms with Crippen molar-refractivity contribution in [2.45, 2.75) is 33.4 Å². The molecule has 3 rings (SSSR count). The number of aromatic nitrogens is 5.